The predicted octanol–water partition coefficient (Wildman–Crippen LogP) is 9.16. The first-order valence-electron chi connectivity index (χ1n) is 21.8. The zero-order valence-electron chi connectivity index (χ0n) is 34.2. The fourth-order valence-electron chi connectivity index (χ4n) is 6.93. The molecule has 0 aromatic rings. The van der Waals surface area contributed by atoms with Crippen LogP contribution in [0, 0.1) is 0 Å². The van der Waals surface area contributed by atoms with Crippen molar-refractivity contribution in [2.24, 2.45) is 0 Å². The lowest BCUT2D eigenvalue weighted by atomic mass is 9.99. The van der Waals surface area contributed by atoms with E-state index in [1.165, 1.54) is 14.2 Å². The highest BCUT2D eigenvalue weighted by Crippen LogP contribution is 2.17. The summed E-state index contributed by atoms with van der Waals surface area (Å²) >= 11 is 0. The van der Waals surface area contributed by atoms with Gasteiger partial charge in [0.15, 0.2) is 0 Å². The van der Waals surface area contributed by atoms with E-state index in [9.17, 15) is 19.2 Å². The molecule has 4 N–H and O–H groups in total. The number of nitrogens with one attached hydrogen (secondary N) is 2. The van der Waals surface area contributed by atoms with E-state index in [-0.39, 0.29) is 49.1 Å². The van der Waals surface area contributed by atoms with Crippen LogP contribution in [0.1, 0.15) is 212 Å². The highest BCUT2D eigenvalue weighted by atomic mass is 16.5. The minimum Gasteiger partial charge on any atom is -0.469 e. The number of hydrogen-bond acceptors (Lipinski definition) is 8. The number of unbranched alkanes of at least 4 members (excludes halogenated alkanes) is 20. The van der Waals surface area contributed by atoms with E-state index in [4.69, 9.17) is 19.7 Å². The van der Waals surface area contributed by atoms with Gasteiger partial charge in [0.25, 0.3) is 0 Å². The molecule has 53 heavy (non-hydrogen) atoms. The molecule has 0 bridgehead atoms. The summed E-state index contributed by atoms with van der Waals surface area (Å²) in [5, 5.41) is 24.7. The average molecular weight is 755 g/mol. The summed E-state index contributed by atoms with van der Waals surface area (Å²) in [5.74, 6) is 0.00969. The van der Waals surface area contributed by atoms with Crippen LogP contribution in [-0.2, 0) is 28.7 Å². The summed E-state index contributed by atoms with van der Waals surface area (Å²) in [6, 6.07) is 0.420. The van der Waals surface area contributed by atoms with Crippen LogP contribution in [0.5, 0.6) is 0 Å². The Kier molecular flexibility index (Phi) is 37.9. The maximum Gasteiger partial charge on any atom is 0.305 e. The van der Waals surface area contributed by atoms with Gasteiger partial charge in [-0.25, -0.2) is 0 Å². The standard InChI is InChI=1S/C43H82N2O8/c1-52-42(50)34-24-14-3-8-18-28-38(30-20-10-6-16-26-36-46)44-40(48)32-22-12-5-13-23-33-41(49)45-39(31-21-11-7-17-27-37-47)29-19-9-4-15-25-35-43(51)53-2/h38-39,46-47H,3-37H2,1-2H3,(H,44,48)(H,45,49). The predicted molar refractivity (Wildman–Crippen MR) is 214 cm³/mol. The Morgan fingerprint density at radius 3 is 0.906 bits per heavy atom. The number of rotatable bonds is 40. The topological polar surface area (TPSA) is 151 Å². The van der Waals surface area contributed by atoms with E-state index in [0.717, 1.165) is 186 Å². The molecule has 312 valence electrons. The molecule has 2 atom stereocenters. The van der Waals surface area contributed by atoms with Gasteiger partial charge >= 0.3 is 11.9 Å². The van der Waals surface area contributed by atoms with Crippen molar-refractivity contribution < 1.29 is 38.9 Å². The quantitative estimate of drug-likeness (QED) is 0.0357. The fraction of sp³-hybridized carbons (Fsp3) is 0.907. The van der Waals surface area contributed by atoms with Crippen LogP contribution in [-0.4, -0.2) is 73.5 Å². The molecule has 0 heterocycles. The molecular weight excluding hydrogens is 672 g/mol. The summed E-state index contributed by atoms with van der Waals surface area (Å²) in [6.45, 7) is 0.513. The van der Waals surface area contributed by atoms with E-state index < -0.39 is 0 Å². The van der Waals surface area contributed by atoms with Gasteiger partial charge in [-0.1, -0.05) is 122 Å². The lowest BCUT2D eigenvalue weighted by Crippen LogP contribution is -2.34. The fourth-order valence-corrected chi connectivity index (χ4v) is 6.93. The lowest BCUT2D eigenvalue weighted by Gasteiger charge is -2.19. The Balaban J connectivity index is 4.37. The molecular formula is C43H82N2O8. The summed E-state index contributed by atoms with van der Waals surface area (Å²) in [5.41, 5.74) is 0. The maximum atomic E-state index is 12.8. The van der Waals surface area contributed by atoms with Gasteiger partial charge in [-0.15, -0.1) is 0 Å². The van der Waals surface area contributed by atoms with Gasteiger partial charge in [-0.2, -0.15) is 0 Å². The second-order valence-electron chi connectivity index (χ2n) is 15.1. The maximum absolute atomic E-state index is 12.8. The molecule has 10 heteroatoms. The third-order valence-corrected chi connectivity index (χ3v) is 10.3. The van der Waals surface area contributed by atoms with Crippen molar-refractivity contribution in [3.8, 4) is 0 Å². The van der Waals surface area contributed by atoms with E-state index in [0.29, 0.717) is 25.7 Å². The van der Waals surface area contributed by atoms with Crippen molar-refractivity contribution >= 4 is 23.8 Å². The number of carbonyl (C=O) groups excluding carboxylic acids is 4. The zero-order valence-corrected chi connectivity index (χ0v) is 34.2. The van der Waals surface area contributed by atoms with Crippen molar-refractivity contribution in [1.29, 1.82) is 0 Å². The zero-order chi connectivity index (χ0) is 39.0. The Bertz CT molecular complexity index is 803. The highest BCUT2D eigenvalue weighted by Gasteiger charge is 2.14. The minimum atomic E-state index is -0.142. The summed E-state index contributed by atoms with van der Waals surface area (Å²) < 4.78 is 9.43. The molecule has 0 spiro atoms. The monoisotopic (exact) mass is 755 g/mol. The van der Waals surface area contributed by atoms with E-state index >= 15 is 0 Å². The molecule has 0 aliphatic carbocycles. The SMILES string of the molecule is COC(=O)CCCCCCCC(CCCCCCCO)NC(=O)CCCCCCCC(=O)NC(CCCCCCCO)CCCCCCCC(=O)OC. The third-order valence-electron chi connectivity index (χ3n) is 10.3. The Hall–Kier alpha value is -2.20. The average Bonchev–Trinajstić information content (AvgIpc) is 3.15. The second-order valence-corrected chi connectivity index (χ2v) is 15.1. The molecule has 0 aromatic heterocycles. The molecule has 2 unspecified atom stereocenters. The smallest absolute Gasteiger partial charge is 0.305 e. The molecule has 0 aromatic carbocycles. The molecule has 0 saturated heterocycles. The first-order chi connectivity index (χ1) is 25.9. The number of ether oxygens (including phenoxy) is 2. The van der Waals surface area contributed by atoms with Crippen LogP contribution in [0.2, 0.25) is 0 Å². The first-order valence-corrected chi connectivity index (χ1v) is 21.8. The normalized spacial score (nSPS) is 12.3. The van der Waals surface area contributed by atoms with Gasteiger partial charge < -0.3 is 30.3 Å². The Morgan fingerprint density at radius 2 is 0.623 bits per heavy atom. The van der Waals surface area contributed by atoms with E-state index in [1.807, 2.05) is 0 Å². The second kappa shape index (κ2) is 39.5. The third kappa shape index (κ3) is 36.5. The number of carbonyl (C=O) groups is 4. The number of aliphatic hydroxyl groups is 2. The van der Waals surface area contributed by atoms with Crippen molar-refractivity contribution in [1.82, 2.24) is 10.6 Å². The number of methoxy groups -OCH3 is 2. The molecule has 0 aliphatic heterocycles. The van der Waals surface area contributed by atoms with Crippen molar-refractivity contribution in [2.75, 3.05) is 27.4 Å². The highest BCUT2D eigenvalue weighted by molar-refractivity contribution is 5.76. The van der Waals surface area contributed by atoms with E-state index in [1.54, 1.807) is 0 Å². The number of aliphatic hydroxyl groups excluding tert-OH is 2. The molecule has 0 fully saturated rings. The van der Waals surface area contributed by atoms with Crippen LogP contribution in [0.15, 0.2) is 0 Å². The summed E-state index contributed by atoms with van der Waals surface area (Å²) in [6.07, 6.45) is 31.7. The van der Waals surface area contributed by atoms with Crippen LogP contribution in [0.25, 0.3) is 0 Å². The largest absolute Gasteiger partial charge is 0.469 e. The van der Waals surface area contributed by atoms with Crippen LogP contribution in [0.3, 0.4) is 0 Å². The molecule has 2 amide bonds. The Morgan fingerprint density at radius 1 is 0.377 bits per heavy atom. The number of amides is 2. The van der Waals surface area contributed by atoms with Gasteiger partial charge in [0.05, 0.1) is 14.2 Å². The number of hydrogen-bond donors (Lipinski definition) is 4. The van der Waals surface area contributed by atoms with Gasteiger partial charge in [-0.05, 0) is 64.2 Å². The minimum absolute atomic E-state index is 0.142. The molecule has 0 aliphatic rings. The van der Waals surface area contributed by atoms with Crippen molar-refractivity contribution in [3.63, 3.8) is 0 Å². The number of esters is 2. The van der Waals surface area contributed by atoms with Crippen LogP contribution in [0.4, 0.5) is 0 Å². The molecule has 0 saturated carbocycles. The Labute approximate surface area is 324 Å². The van der Waals surface area contributed by atoms with Crippen LogP contribution >= 0.6 is 0 Å². The summed E-state index contributed by atoms with van der Waals surface area (Å²) in [7, 11) is 2.86. The molecule has 10 nitrogen and oxygen atoms in total. The van der Waals surface area contributed by atoms with Gasteiger partial charge in [0, 0.05) is 51.0 Å². The van der Waals surface area contributed by atoms with E-state index in [2.05, 4.69) is 10.6 Å². The molecule has 0 rings (SSSR count). The van der Waals surface area contributed by atoms with Crippen molar-refractivity contribution in [3.05, 3.63) is 0 Å². The lowest BCUT2D eigenvalue weighted by molar-refractivity contribution is -0.141. The van der Waals surface area contributed by atoms with Crippen molar-refractivity contribution in [2.45, 2.75) is 224 Å². The molecule has 0 radical (unpaired) electrons. The first kappa shape index (κ1) is 50.8. The van der Waals surface area contributed by atoms with Gasteiger partial charge in [-0.3, -0.25) is 19.2 Å². The van der Waals surface area contributed by atoms with Crippen LogP contribution < -0.4 is 10.6 Å². The van der Waals surface area contributed by atoms with Gasteiger partial charge in [0.1, 0.15) is 0 Å². The summed E-state index contributed by atoms with van der Waals surface area (Å²) in [4.78, 5) is 48.3. The van der Waals surface area contributed by atoms with Gasteiger partial charge in [0.2, 0.25) is 11.8 Å².